The fourth-order valence-electron chi connectivity index (χ4n) is 2.21. The molecule has 0 saturated heterocycles. The van der Waals surface area contributed by atoms with E-state index in [4.69, 9.17) is 11.6 Å². The highest BCUT2D eigenvalue weighted by molar-refractivity contribution is 6.29. The van der Waals surface area contributed by atoms with Crippen molar-refractivity contribution in [3.05, 3.63) is 29.0 Å². The number of rotatable bonds is 6. The predicted molar refractivity (Wildman–Crippen MR) is 67.5 cm³/mol. The molecule has 1 aliphatic rings. The molecule has 1 fully saturated rings. The van der Waals surface area contributed by atoms with Gasteiger partial charge in [0.2, 0.25) is 0 Å². The van der Waals surface area contributed by atoms with E-state index in [-0.39, 0.29) is 0 Å². The van der Waals surface area contributed by atoms with E-state index in [0.717, 1.165) is 13.1 Å². The molecule has 2 rings (SSSR count). The van der Waals surface area contributed by atoms with Crippen LogP contribution in [0.5, 0.6) is 0 Å². The van der Waals surface area contributed by atoms with Crippen molar-refractivity contribution in [2.24, 2.45) is 5.41 Å². The van der Waals surface area contributed by atoms with Gasteiger partial charge in [0, 0.05) is 19.3 Å². The fourth-order valence-corrected chi connectivity index (χ4v) is 2.32. The van der Waals surface area contributed by atoms with Crippen LogP contribution in [-0.2, 0) is 6.54 Å². The van der Waals surface area contributed by atoms with Gasteiger partial charge >= 0.3 is 0 Å². The van der Waals surface area contributed by atoms with Gasteiger partial charge < -0.3 is 5.32 Å². The summed E-state index contributed by atoms with van der Waals surface area (Å²) in [6.45, 7) is 4.31. The molecule has 0 aliphatic heterocycles. The first-order valence-corrected chi connectivity index (χ1v) is 6.43. The van der Waals surface area contributed by atoms with Crippen molar-refractivity contribution in [2.45, 2.75) is 39.2 Å². The zero-order valence-corrected chi connectivity index (χ0v) is 10.6. The molecule has 0 unspecified atom stereocenters. The average Bonchev–Trinajstić information content (AvgIpc) is 3.02. The zero-order valence-electron chi connectivity index (χ0n) is 9.80. The lowest BCUT2D eigenvalue weighted by Crippen LogP contribution is -2.23. The Balaban J connectivity index is 1.74. The maximum Gasteiger partial charge on any atom is 0.129 e. The van der Waals surface area contributed by atoms with Crippen molar-refractivity contribution >= 4 is 11.6 Å². The SMILES string of the molecule is CCCC1(CNCc2ccc(Cl)nc2)CC1. The Bertz CT molecular complexity index is 330. The maximum absolute atomic E-state index is 5.74. The molecule has 1 heterocycles. The number of halogens is 1. The van der Waals surface area contributed by atoms with Crippen LogP contribution in [0.1, 0.15) is 38.2 Å². The van der Waals surface area contributed by atoms with Crippen LogP contribution in [0.2, 0.25) is 5.15 Å². The molecule has 3 heteroatoms. The molecule has 1 aromatic rings. The Morgan fingerprint density at radius 2 is 2.25 bits per heavy atom. The summed E-state index contributed by atoms with van der Waals surface area (Å²) in [5, 5.41) is 4.09. The Hall–Kier alpha value is -0.600. The van der Waals surface area contributed by atoms with Crippen molar-refractivity contribution in [1.29, 1.82) is 0 Å². The second-order valence-corrected chi connectivity index (χ2v) is 5.23. The number of hydrogen-bond acceptors (Lipinski definition) is 2. The van der Waals surface area contributed by atoms with E-state index in [0.29, 0.717) is 10.6 Å². The van der Waals surface area contributed by atoms with Crippen molar-refractivity contribution in [3.63, 3.8) is 0 Å². The summed E-state index contributed by atoms with van der Waals surface area (Å²) >= 11 is 5.74. The van der Waals surface area contributed by atoms with Gasteiger partial charge in [-0.1, -0.05) is 31.0 Å². The van der Waals surface area contributed by atoms with E-state index >= 15 is 0 Å². The van der Waals surface area contributed by atoms with Gasteiger partial charge in [-0.3, -0.25) is 0 Å². The largest absolute Gasteiger partial charge is 0.312 e. The third kappa shape index (κ3) is 3.19. The molecule has 16 heavy (non-hydrogen) atoms. The molecule has 1 N–H and O–H groups in total. The van der Waals surface area contributed by atoms with Gasteiger partial charge in [-0.15, -0.1) is 0 Å². The van der Waals surface area contributed by atoms with Gasteiger partial charge in [0.15, 0.2) is 0 Å². The van der Waals surface area contributed by atoms with Crippen LogP contribution in [0.15, 0.2) is 18.3 Å². The highest BCUT2D eigenvalue weighted by atomic mass is 35.5. The second kappa shape index (κ2) is 5.15. The van der Waals surface area contributed by atoms with Crippen LogP contribution in [0.25, 0.3) is 0 Å². The number of hydrogen-bond donors (Lipinski definition) is 1. The number of aromatic nitrogens is 1. The third-order valence-corrected chi connectivity index (χ3v) is 3.58. The molecule has 1 aliphatic carbocycles. The van der Waals surface area contributed by atoms with Crippen LogP contribution in [0.4, 0.5) is 0 Å². The lowest BCUT2D eigenvalue weighted by molar-refractivity contribution is 0.420. The minimum Gasteiger partial charge on any atom is -0.312 e. The zero-order chi connectivity index (χ0) is 11.4. The van der Waals surface area contributed by atoms with Crippen molar-refractivity contribution in [1.82, 2.24) is 10.3 Å². The monoisotopic (exact) mass is 238 g/mol. The van der Waals surface area contributed by atoms with Crippen molar-refractivity contribution in [3.8, 4) is 0 Å². The van der Waals surface area contributed by atoms with Gasteiger partial charge in [0.05, 0.1) is 0 Å². The maximum atomic E-state index is 5.74. The van der Waals surface area contributed by atoms with Crippen molar-refractivity contribution in [2.75, 3.05) is 6.54 Å². The highest BCUT2D eigenvalue weighted by Crippen LogP contribution is 2.48. The van der Waals surface area contributed by atoms with Crippen LogP contribution in [0.3, 0.4) is 0 Å². The smallest absolute Gasteiger partial charge is 0.129 e. The lowest BCUT2D eigenvalue weighted by Gasteiger charge is -2.14. The van der Waals surface area contributed by atoms with E-state index in [1.54, 1.807) is 0 Å². The first-order valence-electron chi connectivity index (χ1n) is 6.05. The van der Waals surface area contributed by atoms with E-state index in [9.17, 15) is 0 Å². The second-order valence-electron chi connectivity index (χ2n) is 4.84. The van der Waals surface area contributed by atoms with Gasteiger partial charge in [0.25, 0.3) is 0 Å². The molecule has 1 aromatic heterocycles. The lowest BCUT2D eigenvalue weighted by atomic mass is 10.0. The summed E-state index contributed by atoms with van der Waals surface area (Å²) in [4.78, 5) is 4.07. The molecule has 1 saturated carbocycles. The van der Waals surface area contributed by atoms with E-state index in [1.807, 2.05) is 18.3 Å². The first-order chi connectivity index (χ1) is 7.74. The van der Waals surface area contributed by atoms with Gasteiger partial charge in [0.1, 0.15) is 5.15 Å². The summed E-state index contributed by atoms with van der Waals surface area (Å²) in [5.41, 5.74) is 1.82. The summed E-state index contributed by atoms with van der Waals surface area (Å²) in [5.74, 6) is 0. The molecule has 0 radical (unpaired) electrons. The molecule has 0 amide bonds. The highest BCUT2D eigenvalue weighted by Gasteiger charge is 2.40. The molecule has 0 bridgehead atoms. The first kappa shape index (κ1) is 11.9. The molecule has 88 valence electrons. The fraction of sp³-hybridized carbons (Fsp3) is 0.615. The summed E-state index contributed by atoms with van der Waals surface area (Å²) in [6, 6.07) is 3.87. The number of nitrogens with one attached hydrogen (secondary N) is 1. The topological polar surface area (TPSA) is 24.9 Å². The summed E-state index contributed by atoms with van der Waals surface area (Å²) in [7, 11) is 0. The summed E-state index contributed by atoms with van der Waals surface area (Å²) in [6.07, 6.45) is 7.29. The van der Waals surface area contributed by atoms with Crippen LogP contribution >= 0.6 is 11.6 Å². The minimum absolute atomic E-state index is 0.563. The minimum atomic E-state index is 0.563. The third-order valence-electron chi connectivity index (χ3n) is 3.36. The van der Waals surface area contributed by atoms with E-state index in [2.05, 4.69) is 17.2 Å². The molecule has 2 nitrogen and oxygen atoms in total. The Morgan fingerprint density at radius 1 is 1.44 bits per heavy atom. The van der Waals surface area contributed by atoms with Crippen LogP contribution < -0.4 is 5.32 Å². The van der Waals surface area contributed by atoms with Gasteiger partial charge in [-0.2, -0.15) is 0 Å². The molecular formula is C13H19ClN2. The summed E-state index contributed by atoms with van der Waals surface area (Å²) < 4.78 is 0. The predicted octanol–water partition coefficient (Wildman–Crippen LogP) is 3.40. The van der Waals surface area contributed by atoms with Crippen LogP contribution in [0, 0.1) is 5.41 Å². The molecule has 0 atom stereocenters. The van der Waals surface area contributed by atoms with Crippen molar-refractivity contribution < 1.29 is 0 Å². The van der Waals surface area contributed by atoms with E-state index in [1.165, 1.54) is 31.2 Å². The molecule has 0 spiro atoms. The standard InChI is InChI=1S/C13H19ClN2/c1-2-5-13(6-7-13)10-15-8-11-3-4-12(14)16-9-11/h3-4,9,15H,2,5-8,10H2,1H3. The Kier molecular flexibility index (Phi) is 3.82. The van der Waals surface area contributed by atoms with Crippen LogP contribution in [-0.4, -0.2) is 11.5 Å². The van der Waals surface area contributed by atoms with Gasteiger partial charge in [-0.05, 0) is 36.3 Å². The Morgan fingerprint density at radius 3 is 2.81 bits per heavy atom. The van der Waals surface area contributed by atoms with E-state index < -0.39 is 0 Å². The quantitative estimate of drug-likeness (QED) is 0.769. The molecular weight excluding hydrogens is 220 g/mol. The van der Waals surface area contributed by atoms with Gasteiger partial charge in [-0.25, -0.2) is 4.98 Å². The number of pyridine rings is 1. The normalized spacial score (nSPS) is 17.4. The average molecular weight is 239 g/mol. The molecule has 0 aromatic carbocycles. The number of nitrogens with zero attached hydrogens (tertiary/aromatic N) is 1. The Labute approximate surface area is 102 Å².